The van der Waals surface area contributed by atoms with Gasteiger partial charge in [-0.25, -0.2) is 4.79 Å². The number of aryl methyl sites for hydroxylation is 1. The number of carboxylic acids is 1. The molecule has 1 aromatic heterocycles. The first-order chi connectivity index (χ1) is 8.15. The molecule has 0 amide bonds. The molecular weight excluding hydrogens is 254 g/mol. The van der Waals surface area contributed by atoms with Crippen LogP contribution >= 0.6 is 23.1 Å². The van der Waals surface area contributed by atoms with E-state index in [9.17, 15) is 4.79 Å². The van der Waals surface area contributed by atoms with Crippen LogP contribution in [0, 0.1) is 6.92 Å². The average Bonchev–Trinajstić information content (AvgIpc) is 2.65. The van der Waals surface area contributed by atoms with E-state index in [1.807, 2.05) is 18.7 Å². The molecule has 0 bridgehead atoms. The van der Waals surface area contributed by atoms with Crippen LogP contribution in [0.2, 0.25) is 0 Å². The van der Waals surface area contributed by atoms with Crippen molar-refractivity contribution in [1.29, 1.82) is 0 Å². The van der Waals surface area contributed by atoms with Crippen LogP contribution in [0.15, 0.2) is 6.07 Å². The third-order valence-corrected chi connectivity index (χ3v) is 4.28. The van der Waals surface area contributed by atoms with Gasteiger partial charge in [-0.15, -0.1) is 11.3 Å². The highest BCUT2D eigenvalue weighted by Gasteiger charge is 2.10. The van der Waals surface area contributed by atoms with Crippen LogP contribution in [0.3, 0.4) is 0 Å². The molecule has 0 atom stereocenters. The van der Waals surface area contributed by atoms with Crippen molar-refractivity contribution in [3.63, 3.8) is 0 Å². The molecule has 0 aromatic carbocycles. The molecule has 2 N–H and O–H groups in total. The first kappa shape index (κ1) is 14.5. The molecular formula is C12H19NO2S2. The van der Waals surface area contributed by atoms with Gasteiger partial charge in [0.25, 0.3) is 0 Å². The topological polar surface area (TPSA) is 49.3 Å². The van der Waals surface area contributed by atoms with Crippen molar-refractivity contribution in [1.82, 2.24) is 5.32 Å². The van der Waals surface area contributed by atoms with Gasteiger partial charge in [-0.3, -0.25) is 0 Å². The van der Waals surface area contributed by atoms with Crippen molar-refractivity contribution in [3.05, 3.63) is 21.4 Å². The number of carbonyl (C=O) groups is 1. The highest BCUT2D eigenvalue weighted by atomic mass is 32.2. The minimum Gasteiger partial charge on any atom is -0.477 e. The van der Waals surface area contributed by atoms with Crippen LogP contribution in [0.1, 0.15) is 33.0 Å². The maximum Gasteiger partial charge on any atom is 0.345 e. The van der Waals surface area contributed by atoms with Gasteiger partial charge < -0.3 is 10.4 Å². The highest BCUT2D eigenvalue weighted by molar-refractivity contribution is 7.98. The lowest BCUT2D eigenvalue weighted by atomic mass is 10.2. The predicted octanol–water partition coefficient (Wildman–Crippen LogP) is 2.99. The molecule has 0 spiro atoms. The van der Waals surface area contributed by atoms with Crippen LogP contribution in [0.25, 0.3) is 0 Å². The summed E-state index contributed by atoms with van der Waals surface area (Å²) in [7, 11) is 0. The van der Waals surface area contributed by atoms with Gasteiger partial charge in [0.15, 0.2) is 0 Å². The van der Waals surface area contributed by atoms with Gasteiger partial charge in [-0.2, -0.15) is 11.8 Å². The van der Waals surface area contributed by atoms with Crippen molar-refractivity contribution in [3.8, 4) is 0 Å². The van der Waals surface area contributed by atoms with Crippen molar-refractivity contribution < 1.29 is 9.90 Å². The molecule has 0 saturated heterocycles. The quantitative estimate of drug-likeness (QED) is 0.715. The molecule has 17 heavy (non-hydrogen) atoms. The molecule has 0 aliphatic carbocycles. The van der Waals surface area contributed by atoms with Crippen molar-refractivity contribution in [2.75, 3.05) is 18.6 Å². The summed E-state index contributed by atoms with van der Waals surface area (Å²) in [6.07, 6.45) is 4.53. The summed E-state index contributed by atoms with van der Waals surface area (Å²) in [5.74, 6) is 0.381. The predicted molar refractivity (Wildman–Crippen MR) is 75.3 cm³/mol. The van der Waals surface area contributed by atoms with Gasteiger partial charge in [-0.05, 0) is 49.9 Å². The lowest BCUT2D eigenvalue weighted by molar-refractivity contribution is 0.0702. The maximum atomic E-state index is 10.8. The van der Waals surface area contributed by atoms with E-state index in [2.05, 4.69) is 11.6 Å². The van der Waals surface area contributed by atoms with E-state index >= 15 is 0 Å². The number of rotatable bonds is 8. The SMILES string of the molecule is CSCCCCNCc1cc(C(=O)O)sc1C. The van der Waals surface area contributed by atoms with E-state index in [1.54, 1.807) is 6.07 Å². The lowest BCUT2D eigenvalue weighted by Crippen LogP contribution is -2.14. The van der Waals surface area contributed by atoms with Crippen LogP contribution < -0.4 is 5.32 Å². The Morgan fingerprint density at radius 2 is 2.29 bits per heavy atom. The van der Waals surface area contributed by atoms with Crippen molar-refractivity contribution in [2.45, 2.75) is 26.3 Å². The van der Waals surface area contributed by atoms with Gasteiger partial charge in [0.1, 0.15) is 4.88 Å². The van der Waals surface area contributed by atoms with Crippen LogP contribution in [-0.2, 0) is 6.54 Å². The third-order valence-electron chi connectivity index (χ3n) is 2.50. The molecule has 0 radical (unpaired) electrons. The van der Waals surface area contributed by atoms with Gasteiger partial charge in [0.05, 0.1) is 0 Å². The number of thioether (sulfide) groups is 1. The van der Waals surface area contributed by atoms with Gasteiger partial charge >= 0.3 is 5.97 Å². The zero-order chi connectivity index (χ0) is 12.7. The Bertz CT molecular complexity index is 363. The molecule has 0 saturated carbocycles. The summed E-state index contributed by atoms with van der Waals surface area (Å²) in [6, 6.07) is 1.78. The minimum atomic E-state index is -0.829. The van der Waals surface area contributed by atoms with Gasteiger partial charge in [0, 0.05) is 11.4 Å². The second kappa shape index (κ2) is 7.74. The number of hydrogen-bond donors (Lipinski definition) is 2. The largest absolute Gasteiger partial charge is 0.477 e. The minimum absolute atomic E-state index is 0.432. The smallest absolute Gasteiger partial charge is 0.345 e. The Balaban J connectivity index is 2.29. The molecule has 0 unspecified atom stereocenters. The van der Waals surface area contributed by atoms with Gasteiger partial charge in [0.2, 0.25) is 0 Å². The number of nitrogens with one attached hydrogen (secondary N) is 1. The Morgan fingerprint density at radius 3 is 2.88 bits per heavy atom. The molecule has 1 heterocycles. The second-order valence-corrected chi connectivity index (χ2v) is 6.12. The number of unbranched alkanes of at least 4 members (excludes halogenated alkanes) is 1. The fraction of sp³-hybridized carbons (Fsp3) is 0.583. The van der Waals surface area contributed by atoms with E-state index in [0.717, 1.165) is 23.5 Å². The fourth-order valence-corrected chi connectivity index (χ4v) is 2.89. The number of hydrogen-bond acceptors (Lipinski definition) is 4. The average molecular weight is 273 g/mol. The third kappa shape index (κ3) is 5.10. The van der Waals surface area contributed by atoms with E-state index < -0.39 is 5.97 Å². The summed E-state index contributed by atoms with van der Waals surface area (Å²) >= 11 is 3.23. The Morgan fingerprint density at radius 1 is 1.53 bits per heavy atom. The summed E-state index contributed by atoms with van der Waals surface area (Å²) in [5.41, 5.74) is 1.11. The molecule has 96 valence electrons. The summed E-state index contributed by atoms with van der Waals surface area (Å²) < 4.78 is 0. The van der Waals surface area contributed by atoms with Crippen molar-refractivity contribution >= 4 is 29.1 Å². The Hall–Kier alpha value is -0.520. The van der Waals surface area contributed by atoms with E-state index in [0.29, 0.717) is 4.88 Å². The molecule has 0 fully saturated rings. The van der Waals surface area contributed by atoms with Crippen molar-refractivity contribution in [2.24, 2.45) is 0 Å². The first-order valence-corrected chi connectivity index (χ1v) is 7.88. The second-order valence-electron chi connectivity index (χ2n) is 3.87. The molecule has 1 aromatic rings. The Kier molecular flexibility index (Phi) is 6.62. The maximum absolute atomic E-state index is 10.8. The van der Waals surface area contributed by atoms with Crippen LogP contribution in [0.4, 0.5) is 0 Å². The molecule has 0 aliphatic heterocycles. The summed E-state index contributed by atoms with van der Waals surface area (Å²) in [4.78, 5) is 12.3. The van der Waals surface area contributed by atoms with E-state index in [-0.39, 0.29) is 0 Å². The monoisotopic (exact) mass is 273 g/mol. The standard InChI is InChI=1S/C12H19NO2S2/c1-9-10(7-11(17-9)12(14)15)8-13-5-3-4-6-16-2/h7,13H,3-6,8H2,1-2H3,(H,14,15). The number of aromatic carboxylic acids is 1. The zero-order valence-electron chi connectivity index (χ0n) is 10.3. The van der Waals surface area contributed by atoms with Crippen LogP contribution in [0.5, 0.6) is 0 Å². The molecule has 1 rings (SSSR count). The fourth-order valence-electron chi connectivity index (χ4n) is 1.52. The molecule has 5 heteroatoms. The summed E-state index contributed by atoms with van der Waals surface area (Å²) in [6.45, 7) is 3.75. The van der Waals surface area contributed by atoms with E-state index in [1.165, 1.54) is 29.9 Å². The number of carboxylic acid groups (broad SMARTS) is 1. The number of thiophene rings is 1. The molecule has 3 nitrogen and oxygen atoms in total. The normalized spacial score (nSPS) is 10.7. The van der Waals surface area contributed by atoms with E-state index in [4.69, 9.17) is 5.11 Å². The highest BCUT2D eigenvalue weighted by Crippen LogP contribution is 2.21. The van der Waals surface area contributed by atoms with Gasteiger partial charge in [-0.1, -0.05) is 0 Å². The zero-order valence-corrected chi connectivity index (χ0v) is 11.9. The first-order valence-electron chi connectivity index (χ1n) is 5.67. The lowest BCUT2D eigenvalue weighted by Gasteiger charge is -2.03. The Labute approximate surface area is 111 Å². The summed E-state index contributed by atoms with van der Waals surface area (Å²) in [5, 5.41) is 12.2. The van der Waals surface area contributed by atoms with Crippen LogP contribution in [-0.4, -0.2) is 29.6 Å². The molecule has 0 aliphatic rings.